The van der Waals surface area contributed by atoms with Crippen molar-refractivity contribution in [3.63, 3.8) is 0 Å². The van der Waals surface area contributed by atoms with E-state index < -0.39 is 0 Å². The van der Waals surface area contributed by atoms with Gasteiger partial charge in [0, 0.05) is 18.4 Å². The van der Waals surface area contributed by atoms with E-state index in [0.29, 0.717) is 6.04 Å². The van der Waals surface area contributed by atoms with Gasteiger partial charge in [-0.05, 0) is 13.8 Å². The molecule has 0 fully saturated rings. The molecule has 1 aromatic rings. The molecular formula is C7H11N3. The van der Waals surface area contributed by atoms with Gasteiger partial charge in [-0.2, -0.15) is 0 Å². The van der Waals surface area contributed by atoms with Gasteiger partial charge in [-0.1, -0.05) is 0 Å². The Kier molecular flexibility index (Phi) is 2.20. The number of hydrogen-bond donors (Lipinski definition) is 1. The number of hydrogen-bond acceptors (Lipinski definition) is 3. The second-order valence-electron chi connectivity index (χ2n) is 2.39. The maximum absolute atomic E-state index is 4.05. The Balaban J connectivity index is 2.59. The van der Waals surface area contributed by atoms with Crippen LogP contribution < -0.4 is 5.32 Å². The molecule has 0 atom stereocenters. The van der Waals surface area contributed by atoms with Crippen LogP contribution in [0.5, 0.6) is 0 Å². The highest BCUT2D eigenvalue weighted by Gasteiger charge is 1.92. The van der Waals surface area contributed by atoms with E-state index in [2.05, 4.69) is 29.1 Å². The maximum Gasteiger partial charge on any atom is 0.144 e. The molecule has 1 aromatic heterocycles. The molecule has 0 bridgehead atoms. The van der Waals surface area contributed by atoms with Crippen LogP contribution in [-0.4, -0.2) is 16.0 Å². The summed E-state index contributed by atoms with van der Waals surface area (Å²) < 4.78 is 0. The first kappa shape index (κ1) is 6.99. The third kappa shape index (κ3) is 2.01. The lowest BCUT2D eigenvalue weighted by Gasteiger charge is -2.06. The van der Waals surface area contributed by atoms with Crippen molar-refractivity contribution in [2.24, 2.45) is 0 Å². The van der Waals surface area contributed by atoms with Crippen LogP contribution in [0.1, 0.15) is 13.8 Å². The van der Waals surface area contributed by atoms with Gasteiger partial charge in [0.1, 0.15) is 5.82 Å². The van der Waals surface area contributed by atoms with Gasteiger partial charge in [-0.15, -0.1) is 0 Å². The molecule has 10 heavy (non-hydrogen) atoms. The molecule has 1 heterocycles. The van der Waals surface area contributed by atoms with Crippen LogP contribution in [0.4, 0.5) is 5.82 Å². The zero-order valence-electron chi connectivity index (χ0n) is 6.20. The van der Waals surface area contributed by atoms with Crippen molar-refractivity contribution < 1.29 is 0 Å². The molecule has 0 aromatic carbocycles. The molecule has 0 saturated carbocycles. The van der Waals surface area contributed by atoms with Gasteiger partial charge in [0.05, 0.1) is 6.20 Å². The summed E-state index contributed by atoms with van der Waals surface area (Å²) in [7, 11) is 0. The Bertz CT molecular complexity index is 183. The Morgan fingerprint density at radius 3 is 2.70 bits per heavy atom. The van der Waals surface area contributed by atoms with Gasteiger partial charge in [-0.3, -0.25) is 4.98 Å². The third-order valence-electron chi connectivity index (χ3n) is 1.000. The first-order valence-corrected chi connectivity index (χ1v) is 3.31. The summed E-state index contributed by atoms with van der Waals surface area (Å²) in [5.74, 6) is 0.831. The minimum atomic E-state index is 0.414. The molecular weight excluding hydrogens is 126 g/mol. The Hall–Kier alpha value is -1.12. The quantitative estimate of drug-likeness (QED) is 0.667. The molecule has 1 rings (SSSR count). The van der Waals surface area contributed by atoms with Crippen LogP contribution in [0.15, 0.2) is 18.6 Å². The molecule has 3 heteroatoms. The molecule has 0 radical (unpaired) electrons. The van der Waals surface area contributed by atoms with Crippen LogP contribution in [0.2, 0.25) is 0 Å². The van der Waals surface area contributed by atoms with Crippen molar-refractivity contribution in [2.45, 2.75) is 19.9 Å². The minimum Gasteiger partial charge on any atom is -0.367 e. The first-order valence-electron chi connectivity index (χ1n) is 3.31. The van der Waals surface area contributed by atoms with Crippen molar-refractivity contribution in [1.29, 1.82) is 0 Å². The van der Waals surface area contributed by atoms with Crippen LogP contribution >= 0.6 is 0 Å². The molecule has 54 valence electrons. The molecule has 0 amide bonds. The lowest BCUT2D eigenvalue weighted by atomic mass is 10.4. The molecule has 0 unspecified atom stereocenters. The summed E-state index contributed by atoms with van der Waals surface area (Å²) in [6.45, 7) is 4.13. The zero-order valence-corrected chi connectivity index (χ0v) is 6.20. The number of rotatable bonds is 2. The van der Waals surface area contributed by atoms with Gasteiger partial charge in [0.2, 0.25) is 0 Å². The molecule has 1 N–H and O–H groups in total. The highest BCUT2D eigenvalue weighted by molar-refractivity contribution is 5.30. The average molecular weight is 137 g/mol. The zero-order chi connectivity index (χ0) is 7.40. The van der Waals surface area contributed by atoms with E-state index in [4.69, 9.17) is 0 Å². The molecule has 0 saturated heterocycles. The molecule has 3 nitrogen and oxygen atoms in total. The second kappa shape index (κ2) is 3.15. The van der Waals surface area contributed by atoms with Gasteiger partial charge in [0.15, 0.2) is 0 Å². The van der Waals surface area contributed by atoms with Crippen LogP contribution in [0.25, 0.3) is 0 Å². The molecule has 0 aliphatic heterocycles. The van der Waals surface area contributed by atoms with E-state index in [1.54, 1.807) is 18.6 Å². The van der Waals surface area contributed by atoms with Gasteiger partial charge in [0.25, 0.3) is 0 Å². The SMILES string of the molecule is CC(C)Nc1cnccn1. The molecule has 0 spiro atoms. The van der Waals surface area contributed by atoms with Crippen molar-refractivity contribution in [3.05, 3.63) is 18.6 Å². The highest BCUT2D eigenvalue weighted by atomic mass is 15.0. The number of anilines is 1. The van der Waals surface area contributed by atoms with E-state index in [0.717, 1.165) is 5.82 Å². The smallest absolute Gasteiger partial charge is 0.144 e. The van der Waals surface area contributed by atoms with E-state index >= 15 is 0 Å². The second-order valence-corrected chi connectivity index (χ2v) is 2.39. The van der Waals surface area contributed by atoms with E-state index in [9.17, 15) is 0 Å². The lowest BCUT2D eigenvalue weighted by molar-refractivity contribution is 0.885. The third-order valence-corrected chi connectivity index (χ3v) is 1.000. The van der Waals surface area contributed by atoms with Crippen molar-refractivity contribution >= 4 is 5.82 Å². The minimum absolute atomic E-state index is 0.414. The number of nitrogens with one attached hydrogen (secondary N) is 1. The predicted molar refractivity (Wildman–Crippen MR) is 40.8 cm³/mol. The van der Waals surface area contributed by atoms with E-state index in [1.807, 2.05) is 0 Å². The number of nitrogens with zero attached hydrogens (tertiary/aromatic N) is 2. The summed E-state index contributed by atoms with van der Waals surface area (Å²) in [6.07, 6.45) is 5.04. The highest BCUT2D eigenvalue weighted by Crippen LogP contribution is 1.98. The largest absolute Gasteiger partial charge is 0.367 e. The van der Waals surface area contributed by atoms with E-state index in [1.165, 1.54) is 0 Å². The van der Waals surface area contributed by atoms with E-state index in [-0.39, 0.29) is 0 Å². The summed E-state index contributed by atoms with van der Waals surface area (Å²) in [4.78, 5) is 7.96. The van der Waals surface area contributed by atoms with Crippen molar-refractivity contribution in [3.8, 4) is 0 Å². The average Bonchev–Trinajstić information content (AvgIpc) is 1.88. The topological polar surface area (TPSA) is 37.8 Å². The lowest BCUT2D eigenvalue weighted by Crippen LogP contribution is -2.10. The maximum atomic E-state index is 4.05. The fourth-order valence-corrected chi connectivity index (χ4v) is 0.669. The Labute approximate surface area is 60.5 Å². The molecule has 0 aliphatic rings. The van der Waals surface area contributed by atoms with Crippen LogP contribution in [-0.2, 0) is 0 Å². The standard InChI is InChI=1S/C7H11N3/c1-6(2)10-7-5-8-3-4-9-7/h3-6H,1-2H3,(H,9,10). The van der Waals surface area contributed by atoms with Crippen molar-refractivity contribution in [1.82, 2.24) is 9.97 Å². The number of aromatic nitrogens is 2. The molecule has 0 aliphatic carbocycles. The monoisotopic (exact) mass is 137 g/mol. The van der Waals surface area contributed by atoms with Gasteiger partial charge < -0.3 is 5.32 Å². The fraction of sp³-hybridized carbons (Fsp3) is 0.429. The van der Waals surface area contributed by atoms with Crippen molar-refractivity contribution in [2.75, 3.05) is 5.32 Å². The predicted octanol–water partition coefficient (Wildman–Crippen LogP) is 1.30. The Morgan fingerprint density at radius 1 is 1.40 bits per heavy atom. The summed E-state index contributed by atoms with van der Waals surface area (Å²) in [5, 5.41) is 3.13. The normalized spacial score (nSPS) is 9.90. The van der Waals surface area contributed by atoms with Gasteiger partial charge in [-0.25, -0.2) is 4.98 Å². The summed E-state index contributed by atoms with van der Waals surface area (Å²) >= 11 is 0. The van der Waals surface area contributed by atoms with Crippen LogP contribution in [0.3, 0.4) is 0 Å². The fourth-order valence-electron chi connectivity index (χ4n) is 0.669. The first-order chi connectivity index (χ1) is 4.79. The van der Waals surface area contributed by atoms with Crippen LogP contribution in [0, 0.1) is 0 Å². The van der Waals surface area contributed by atoms with Gasteiger partial charge >= 0.3 is 0 Å². The summed E-state index contributed by atoms with van der Waals surface area (Å²) in [6, 6.07) is 0.414. The summed E-state index contributed by atoms with van der Waals surface area (Å²) in [5.41, 5.74) is 0. The Morgan fingerprint density at radius 2 is 2.20 bits per heavy atom.